The standard InChI is InChI=1S/C38H40N2O6/c1-4-24-10-6-8-12-29(24)36(30-13-9-7-11-25(30)5-2)39-34(41)22-40-21-31(27-16-19-32-33(20-27)46-23-45-32)35(38(42)43)37(40)26-14-17-28(44-3)18-15-26/h6-20,31,35-37H,4-5,21-23H2,1-3H3,(H,39,41)(H,42,43)/t31-,35-,37+/m0/s1. The van der Waals surface area contributed by atoms with Gasteiger partial charge in [0.2, 0.25) is 12.7 Å². The highest BCUT2D eigenvalue weighted by Gasteiger charge is 2.48. The third kappa shape index (κ3) is 6.17. The molecule has 0 bridgehead atoms. The van der Waals surface area contributed by atoms with Gasteiger partial charge in [-0.2, -0.15) is 0 Å². The molecule has 2 aliphatic rings. The molecule has 2 N–H and O–H groups in total. The lowest BCUT2D eigenvalue weighted by molar-refractivity contribution is -0.143. The monoisotopic (exact) mass is 620 g/mol. The van der Waals surface area contributed by atoms with Crippen molar-refractivity contribution in [2.75, 3.05) is 27.0 Å². The van der Waals surface area contributed by atoms with E-state index in [-0.39, 0.29) is 31.2 Å². The topological polar surface area (TPSA) is 97.3 Å². The largest absolute Gasteiger partial charge is 0.497 e. The zero-order chi connectivity index (χ0) is 32.2. The molecule has 8 nitrogen and oxygen atoms in total. The molecule has 4 aromatic rings. The van der Waals surface area contributed by atoms with Gasteiger partial charge in [-0.25, -0.2) is 0 Å². The lowest BCUT2D eigenvalue weighted by Crippen LogP contribution is -2.40. The highest BCUT2D eigenvalue weighted by Crippen LogP contribution is 2.48. The van der Waals surface area contributed by atoms with Gasteiger partial charge < -0.3 is 24.6 Å². The summed E-state index contributed by atoms with van der Waals surface area (Å²) in [5, 5.41) is 14.0. The molecule has 0 radical (unpaired) electrons. The van der Waals surface area contributed by atoms with E-state index in [4.69, 9.17) is 14.2 Å². The minimum absolute atomic E-state index is 0.0284. The second-order valence-corrected chi connectivity index (χ2v) is 11.8. The van der Waals surface area contributed by atoms with Crippen LogP contribution in [0.3, 0.4) is 0 Å². The van der Waals surface area contributed by atoms with E-state index >= 15 is 0 Å². The number of aryl methyl sites for hydroxylation is 2. The zero-order valence-electron chi connectivity index (χ0n) is 26.4. The maximum absolute atomic E-state index is 14.1. The van der Waals surface area contributed by atoms with Crippen LogP contribution in [0.25, 0.3) is 0 Å². The molecular formula is C38H40N2O6. The van der Waals surface area contributed by atoms with Gasteiger partial charge in [-0.05, 0) is 70.5 Å². The molecule has 46 heavy (non-hydrogen) atoms. The van der Waals surface area contributed by atoms with Crippen LogP contribution in [0, 0.1) is 5.92 Å². The number of likely N-dealkylation sites (tertiary alicyclic amines) is 1. The number of methoxy groups -OCH3 is 1. The third-order valence-electron chi connectivity index (χ3n) is 9.31. The predicted molar refractivity (Wildman–Crippen MR) is 175 cm³/mol. The average Bonchev–Trinajstić information content (AvgIpc) is 3.72. The van der Waals surface area contributed by atoms with E-state index in [1.54, 1.807) is 7.11 Å². The Bertz CT molecular complexity index is 1660. The second kappa shape index (κ2) is 13.7. The number of nitrogens with one attached hydrogen (secondary N) is 1. The number of ether oxygens (including phenoxy) is 3. The lowest BCUT2D eigenvalue weighted by atomic mass is 9.82. The quantitative estimate of drug-likeness (QED) is 0.203. The first-order valence-electron chi connectivity index (χ1n) is 15.9. The van der Waals surface area contributed by atoms with Crippen molar-refractivity contribution in [1.82, 2.24) is 10.2 Å². The highest BCUT2D eigenvalue weighted by molar-refractivity contribution is 5.80. The molecule has 1 saturated heterocycles. The number of amides is 1. The van der Waals surface area contributed by atoms with Gasteiger partial charge in [-0.1, -0.05) is 80.6 Å². The van der Waals surface area contributed by atoms with E-state index in [2.05, 4.69) is 43.4 Å². The van der Waals surface area contributed by atoms with Gasteiger partial charge in [-0.15, -0.1) is 0 Å². The van der Waals surface area contributed by atoms with Crippen LogP contribution in [0.5, 0.6) is 17.2 Å². The van der Waals surface area contributed by atoms with Crippen molar-refractivity contribution in [2.45, 2.75) is 44.7 Å². The number of aliphatic carboxylic acids is 1. The van der Waals surface area contributed by atoms with Crippen molar-refractivity contribution >= 4 is 11.9 Å². The number of hydrogen-bond acceptors (Lipinski definition) is 6. The molecule has 4 aromatic carbocycles. The Balaban J connectivity index is 1.36. The summed E-state index contributed by atoms with van der Waals surface area (Å²) in [6, 6.07) is 28.6. The summed E-state index contributed by atoms with van der Waals surface area (Å²) in [6.45, 7) is 4.78. The van der Waals surface area contributed by atoms with Gasteiger partial charge in [0.15, 0.2) is 11.5 Å². The minimum atomic E-state index is -0.919. The summed E-state index contributed by atoms with van der Waals surface area (Å²) < 4.78 is 16.5. The van der Waals surface area contributed by atoms with Gasteiger partial charge in [0.25, 0.3) is 0 Å². The third-order valence-corrected chi connectivity index (χ3v) is 9.31. The highest BCUT2D eigenvalue weighted by atomic mass is 16.7. The number of carboxylic acids is 1. The Morgan fingerprint density at radius 2 is 1.48 bits per heavy atom. The van der Waals surface area contributed by atoms with Crippen LogP contribution in [0.15, 0.2) is 91.0 Å². The second-order valence-electron chi connectivity index (χ2n) is 11.8. The van der Waals surface area contributed by atoms with E-state index in [9.17, 15) is 14.7 Å². The van der Waals surface area contributed by atoms with E-state index in [1.807, 2.05) is 71.6 Å². The molecule has 6 rings (SSSR count). The Morgan fingerprint density at radius 1 is 0.870 bits per heavy atom. The minimum Gasteiger partial charge on any atom is -0.497 e. The fourth-order valence-electron chi connectivity index (χ4n) is 7.06. The number of carbonyl (C=O) groups is 2. The van der Waals surface area contributed by atoms with Gasteiger partial charge in [0, 0.05) is 18.5 Å². The summed E-state index contributed by atoms with van der Waals surface area (Å²) >= 11 is 0. The van der Waals surface area contributed by atoms with Crippen LogP contribution in [0.4, 0.5) is 0 Å². The molecule has 0 aromatic heterocycles. The SMILES string of the molecule is CCc1ccccc1C(NC(=O)CN1C[C@@H](c2ccc3c(c2)OCO3)[C@H](C(=O)O)[C@H]1c1ccc(OC)cc1)c1ccccc1CC. The van der Waals surface area contributed by atoms with Crippen LogP contribution >= 0.6 is 0 Å². The molecule has 0 spiro atoms. The Morgan fingerprint density at radius 3 is 2.09 bits per heavy atom. The summed E-state index contributed by atoms with van der Waals surface area (Å²) in [5.41, 5.74) is 6.12. The smallest absolute Gasteiger partial charge is 0.309 e. The van der Waals surface area contributed by atoms with Crippen LogP contribution in [-0.2, 0) is 22.4 Å². The summed E-state index contributed by atoms with van der Waals surface area (Å²) in [5.74, 6) is -0.359. The normalized spacial score (nSPS) is 18.9. The summed E-state index contributed by atoms with van der Waals surface area (Å²) in [4.78, 5) is 29.2. The Hall–Kier alpha value is -4.82. The van der Waals surface area contributed by atoms with Crippen molar-refractivity contribution < 1.29 is 28.9 Å². The number of carboxylic acid groups (broad SMARTS) is 1. The van der Waals surface area contributed by atoms with Crippen molar-refractivity contribution in [3.05, 3.63) is 124 Å². The Labute approximate surface area is 269 Å². The number of hydrogen-bond donors (Lipinski definition) is 2. The molecule has 0 aliphatic carbocycles. The van der Waals surface area contributed by atoms with E-state index in [0.717, 1.165) is 35.1 Å². The van der Waals surface area contributed by atoms with Crippen molar-refractivity contribution in [3.8, 4) is 17.2 Å². The number of rotatable bonds is 11. The number of nitrogens with zero attached hydrogens (tertiary/aromatic N) is 1. The van der Waals surface area contributed by atoms with Gasteiger partial charge >= 0.3 is 5.97 Å². The predicted octanol–water partition coefficient (Wildman–Crippen LogP) is 6.30. The fourth-order valence-corrected chi connectivity index (χ4v) is 7.06. The van der Waals surface area contributed by atoms with Crippen LogP contribution in [0.1, 0.15) is 65.2 Å². The first kappa shape index (κ1) is 31.2. The van der Waals surface area contributed by atoms with E-state index < -0.39 is 17.9 Å². The first-order valence-corrected chi connectivity index (χ1v) is 15.9. The maximum Gasteiger partial charge on any atom is 0.309 e. The van der Waals surface area contributed by atoms with Gasteiger partial charge in [-0.3, -0.25) is 14.5 Å². The molecule has 8 heteroatoms. The molecule has 1 fully saturated rings. The summed E-state index contributed by atoms with van der Waals surface area (Å²) in [6.07, 6.45) is 1.67. The molecule has 2 heterocycles. The fraction of sp³-hybridized carbons (Fsp3) is 0.316. The Kier molecular flexibility index (Phi) is 9.26. The molecule has 238 valence electrons. The van der Waals surface area contributed by atoms with Crippen molar-refractivity contribution in [3.63, 3.8) is 0 Å². The first-order chi connectivity index (χ1) is 22.4. The van der Waals surface area contributed by atoms with Crippen LogP contribution < -0.4 is 19.5 Å². The molecular weight excluding hydrogens is 580 g/mol. The average molecular weight is 621 g/mol. The van der Waals surface area contributed by atoms with E-state index in [0.29, 0.717) is 23.8 Å². The van der Waals surface area contributed by atoms with Crippen LogP contribution in [0.2, 0.25) is 0 Å². The number of benzene rings is 4. The number of fused-ring (bicyclic) bond motifs is 1. The maximum atomic E-state index is 14.1. The molecule has 0 saturated carbocycles. The van der Waals surface area contributed by atoms with E-state index in [1.165, 1.54) is 11.1 Å². The molecule has 1 amide bonds. The van der Waals surface area contributed by atoms with Crippen molar-refractivity contribution in [2.24, 2.45) is 5.92 Å². The molecule has 3 atom stereocenters. The molecule has 0 unspecified atom stereocenters. The lowest BCUT2D eigenvalue weighted by Gasteiger charge is -2.29. The van der Waals surface area contributed by atoms with Gasteiger partial charge in [0.05, 0.1) is 25.6 Å². The van der Waals surface area contributed by atoms with Crippen molar-refractivity contribution in [1.29, 1.82) is 0 Å². The number of carbonyl (C=O) groups excluding carboxylic acids is 1. The van der Waals surface area contributed by atoms with Crippen LogP contribution in [-0.4, -0.2) is 48.9 Å². The van der Waals surface area contributed by atoms with Gasteiger partial charge in [0.1, 0.15) is 5.75 Å². The molecule has 2 aliphatic heterocycles. The zero-order valence-corrected chi connectivity index (χ0v) is 26.4. The summed E-state index contributed by atoms with van der Waals surface area (Å²) in [7, 11) is 1.60.